The molecule has 116 valence electrons. The van der Waals surface area contributed by atoms with Crippen molar-refractivity contribution in [1.29, 1.82) is 0 Å². The standard InChI is InChI=1S/C15H21BrFN3O/c1-18(2)5-6-19-7-9-20(10-8-19)15(21)13-11-12(16)3-4-14(13)17/h3-4,11H,5-10H2,1-2H3. The monoisotopic (exact) mass is 357 g/mol. The van der Waals surface area contributed by atoms with Crippen molar-refractivity contribution in [3.8, 4) is 0 Å². The Kier molecular flexibility index (Phi) is 5.72. The van der Waals surface area contributed by atoms with E-state index in [-0.39, 0.29) is 11.5 Å². The maximum atomic E-state index is 13.8. The van der Waals surface area contributed by atoms with E-state index in [1.807, 2.05) is 0 Å². The number of piperazine rings is 1. The van der Waals surface area contributed by atoms with Crippen LogP contribution in [0.4, 0.5) is 4.39 Å². The number of carbonyl (C=O) groups is 1. The van der Waals surface area contributed by atoms with Crippen LogP contribution in [0.5, 0.6) is 0 Å². The average molecular weight is 358 g/mol. The molecule has 0 aliphatic carbocycles. The average Bonchev–Trinajstić information content (AvgIpc) is 2.47. The van der Waals surface area contributed by atoms with Gasteiger partial charge in [-0.15, -0.1) is 0 Å². The topological polar surface area (TPSA) is 26.8 Å². The number of nitrogens with zero attached hydrogens (tertiary/aromatic N) is 3. The number of likely N-dealkylation sites (N-methyl/N-ethyl adjacent to an activating group) is 1. The number of hydrogen-bond acceptors (Lipinski definition) is 3. The summed E-state index contributed by atoms with van der Waals surface area (Å²) in [6.45, 7) is 5.00. The van der Waals surface area contributed by atoms with E-state index in [0.29, 0.717) is 13.1 Å². The van der Waals surface area contributed by atoms with Crippen molar-refractivity contribution >= 4 is 21.8 Å². The third-order valence-corrected chi connectivity index (χ3v) is 4.18. The summed E-state index contributed by atoms with van der Waals surface area (Å²) in [7, 11) is 4.10. The summed E-state index contributed by atoms with van der Waals surface area (Å²) in [6, 6.07) is 4.48. The fraction of sp³-hybridized carbons (Fsp3) is 0.533. The first-order valence-electron chi connectivity index (χ1n) is 7.09. The normalized spacial score (nSPS) is 16.5. The van der Waals surface area contributed by atoms with Gasteiger partial charge in [-0.25, -0.2) is 4.39 Å². The van der Waals surface area contributed by atoms with Crippen molar-refractivity contribution < 1.29 is 9.18 Å². The van der Waals surface area contributed by atoms with Gasteiger partial charge in [-0.3, -0.25) is 9.69 Å². The molecule has 1 aromatic rings. The van der Waals surface area contributed by atoms with Gasteiger partial charge >= 0.3 is 0 Å². The Balaban J connectivity index is 1.92. The molecule has 1 saturated heterocycles. The molecule has 0 spiro atoms. The predicted molar refractivity (Wildman–Crippen MR) is 85.0 cm³/mol. The molecule has 0 bridgehead atoms. The van der Waals surface area contributed by atoms with Crippen LogP contribution in [0.2, 0.25) is 0 Å². The van der Waals surface area contributed by atoms with Gasteiger partial charge in [0.25, 0.3) is 5.91 Å². The van der Waals surface area contributed by atoms with Gasteiger partial charge in [0.05, 0.1) is 5.56 Å². The highest BCUT2D eigenvalue weighted by Crippen LogP contribution is 2.18. The van der Waals surface area contributed by atoms with Gasteiger partial charge in [0, 0.05) is 43.7 Å². The zero-order valence-electron chi connectivity index (χ0n) is 12.5. The second-order valence-electron chi connectivity index (χ2n) is 5.56. The minimum Gasteiger partial charge on any atom is -0.336 e. The van der Waals surface area contributed by atoms with Crippen LogP contribution >= 0.6 is 15.9 Å². The van der Waals surface area contributed by atoms with Gasteiger partial charge in [0.15, 0.2) is 0 Å². The van der Waals surface area contributed by atoms with Crippen molar-refractivity contribution in [2.24, 2.45) is 0 Å². The van der Waals surface area contributed by atoms with Crippen LogP contribution in [0.15, 0.2) is 22.7 Å². The van der Waals surface area contributed by atoms with Crippen molar-refractivity contribution in [2.45, 2.75) is 0 Å². The third kappa shape index (κ3) is 4.49. The maximum absolute atomic E-state index is 13.8. The van der Waals surface area contributed by atoms with Crippen molar-refractivity contribution in [3.05, 3.63) is 34.1 Å². The molecular formula is C15H21BrFN3O. The molecule has 1 aliphatic heterocycles. The molecule has 1 aromatic carbocycles. The minimum absolute atomic E-state index is 0.145. The Morgan fingerprint density at radius 2 is 1.95 bits per heavy atom. The highest BCUT2D eigenvalue weighted by Gasteiger charge is 2.24. The first-order chi connectivity index (χ1) is 9.97. The largest absolute Gasteiger partial charge is 0.336 e. The van der Waals surface area contributed by atoms with Crippen LogP contribution in [0.3, 0.4) is 0 Å². The lowest BCUT2D eigenvalue weighted by atomic mass is 10.1. The molecule has 0 N–H and O–H groups in total. The summed E-state index contributed by atoms with van der Waals surface area (Å²) in [5, 5.41) is 0. The van der Waals surface area contributed by atoms with Crippen LogP contribution in [-0.2, 0) is 0 Å². The Hall–Kier alpha value is -0.980. The Morgan fingerprint density at radius 3 is 2.57 bits per heavy atom. The van der Waals surface area contributed by atoms with Crippen LogP contribution in [0, 0.1) is 5.82 Å². The van der Waals surface area contributed by atoms with E-state index < -0.39 is 5.82 Å². The molecule has 0 unspecified atom stereocenters. The quantitative estimate of drug-likeness (QED) is 0.823. The molecule has 1 fully saturated rings. The Labute approximate surface area is 133 Å². The number of halogens is 2. The van der Waals surface area contributed by atoms with E-state index in [9.17, 15) is 9.18 Å². The first-order valence-corrected chi connectivity index (χ1v) is 7.88. The van der Waals surface area contributed by atoms with E-state index in [4.69, 9.17) is 0 Å². The summed E-state index contributed by atoms with van der Waals surface area (Å²) in [6.07, 6.45) is 0. The summed E-state index contributed by atoms with van der Waals surface area (Å²) in [5.74, 6) is -0.681. The van der Waals surface area contributed by atoms with Crippen LogP contribution < -0.4 is 0 Å². The summed E-state index contributed by atoms with van der Waals surface area (Å²) in [5.41, 5.74) is 0.145. The third-order valence-electron chi connectivity index (χ3n) is 3.68. The van der Waals surface area contributed by atoms with Gasteiger partial charge in [-0.1, -0.05) is 15.9 Å². The zero-order valence-corrected chi connectivity index (χ0v) is 14.1. The van der Waals surface area contributed by atoms with Crippen molar-refractivity contribution in [3.63, 3.8) is 0 Å². The molecule has 1 amide bonds. The lowest BCUT2D eigenvalue weighted by Crippen LogP contribution is -2.50. The smallest absolute Gasteiger partial charge is 0.256 e. The van der Waals surface area contributed by atoms with E-state index in [1.54, 1.807) is 17.0 Å². The molecule has 1 aliphatic rings. The zero-order chi connectivity index (χ0) is 15.4. The highest BCUT2D eigenvalue weighted by molar-refractivity contribution is 9.10. The van der Waals surface area contributed by atoms with Crippen LogP contribution in [0.1, 0.15) is 10.4 Å². The van der Waals surface area contributed by atoms with Gasteiger partial charge in [0.1, 0.15) is 5.82 Å². The van der Waals surface area contributed by atoms with E-state index in [2.05, 4.69) is 39.8 Å². The lowest BCUT2D eigenvalue weighted by Gasteiger charge is -2.35. The SMILES string of the molecule is CN(C)CCN1CCN(C(=O)c2cc(Br)ccc2F)CC1. The summed E-state index contributed by atoms with van der Waals surface area (Å²) < 4.78 is 14.5. The van der Waals surface area contributed by atoms with E-state index in [1.165, 1.54) is 6.07 Å². The first kappa shape index (κ1) is 16.4. The number of benzene rings is 1. The second-order valence-corrected chi connectivity index (χ2v) is 6.48. The fourth-order valence-electron chi connectivity index (χ4n) is 2.35. The highest BCUT2D eigenvalue weighted by atomic mass is 79.9. The molecule has 1 heterocycles. The second kappa shape index (κ2) is 7.33. The number of hydrogen-bond donors (Lipinski definition) is 0. The van der Waals surface area contributed by atoms with Gasteiger partial charge in [-0.05, 0) is 32.3 Å². The van der Waals surface area contributed by atoms with Gasteiger partial charge < -0.3 is 9.80 Å². The van der Waals surface area contributed by atoms with Crippen LogP contribution in [0.25, 0.3) is 0 Å². The minimum atomic E-state index is -0.460. The molecule has 0 aromatic heterocycles. The van der Waals surface area contributed by atoms with E-state index in [0.717, 1.165) is 30.7 Å². The molecule has 0 radical (unpaired) electrons. The Morgan fingerprint density at radius 1 is 1.29 bits per heavy atom. The fourth-order valence-corrected chi connectivity index (χ4v) is 2.71. The summed E-state index contributed by atoms with van der Waals surface area (Å²) >= 11 is 3.28. The number of rotatable bonds is 4. The molecule has 4 nitrogen and oxygen atoms in total. The van der Waals surface area contributed by atoms with Crippen LogP contribution in [-0.4, -0.2) is 74.0 Å². The molecular weight excluding hydrogens is 337 g/mol. The van der Waals surface area contributed by atoms with E-state index >= 15 is 0 Å². The number of amides is 1. The molecule has 21 heavy (non-hydrogen) atoms. The molecule has 2 rings (SSSR count). The van der Waals surface area contributed by atoms with Crippen molar-refractivity contribution in [2.75, 3.05) is 53.4 Å². The lowest BCUT2D eigenvalue weighted by molar-refractivity contribution is 0.0625. The maximum Gasteiger partial charge on any atom is 0.256 e. The predicted octanol–water partition coefficient (Wildman–Crippen LogP) is 1.91. The molecule has 0 atom stereocenters. The summed E-state index contributed by atoms with van der Waals surface area (Å²) in [4.78, 5) is 18.6. The van der Waals surface area contributed by atoms with Gasteiger partial charge in [-0.2, -0.15) is 0 Å². The Bertz CT molecular complexity index is 502. The van der Waals surface area contributed by atoms with Crippen molar-refractivity contribution in [1.82, 2.24) is 14.7 Å². The molecule has 0 saturated carbocycles. The van der Waals surface area contributed by atoms with Gasteiger partial charge in [0.2, 0.25) is 0 Å². The molecule has 6 heteroatoms. The number of carbonyl (C=O) groups excluding carboxylic acids is 1.